The van der Waals surface area contributed by atoms with E-state index < -0.39 is 6.04 Å². The highest BCUT2D eigenvalue weighted by atomic mass is 16.5. The number of hydrogen-bond acceptors (Lipinski definition) is 4. The summed E-state index contributed by atoms with van der Waals surface area (Å²) in [5.74, 6) is 0.189. The number of anilines is 1. The third kappa shape index (κ3) is 3.33. The molecule has 0 saturated heterocycles. The minimum absolute atomic E-state index is 0.0498. The van der Waals surface area contributed by atoms with Crippen LogP contribution in [0.3, 0.4) is 0 Å². The van der Waals surface area contributed by atoms with E-state index in [9.17, 15) is 9.59 Å². The van der Waals surface area contributed by atoms with Crippen LogP contribution in [-0.2, 0) is 14.3 Å². The van der Waals surface area contributed by atoms with Crippen molar-refractivity contribution in [2.45, 2.75) is 19.9 Å². The number of hydrogen-bond donors (Lipinski definition) is 1. The van der Waals surface area contributed by atoms with Crippen molar-refractivity contribution in [3.63, 3.8) is 0 Å². The largest absolute Gasteiger partial charge is 0.482 e. The van der Waals surface area contributed by atoms with Crippen molar-refractivity contribution in [1.82, 2.24) is 5.32 Å². The van der Waals surface area contributed by atoms with Gasteiger partial charge < -0.3 is 14.8 Å². The van der Waals surface area contributed by atoms with Gasteiger partial charge in [0.1, 0.15) is 11.8 Å². The number of aryl methyl sites for hydroxylation is 1. The zero-order valence-corrected chi connectivity index (χ0v) is 12.5. The quantitative estimate of drug-likeness (QED) is 0.818. The highest BCUT2D eigenvalue weighted by Crippen LogP contribution is 2.34. The summed E-state index contributed by atoms with van der Waals surface area (Å²) >= 11 is 0. The second-order valence-corrected chi connectivity index (χ2v) is 4.98. The molecule has 1 aromatic rings. The van der Waals surface area contributed by atoms with E-state index in [-0.39, 0.29) is 18.4 Å². The second-order valence-electron chi connectivity index (χ2n) is 4.98. The molecular weight excluding hydrogens is 272 g/mol. The predicted molar refractivity (Wildman–Crippen MR) is 78.5 cm³/mol. The Morgan fingerprint density at radius 1 is 1.52 bits per heavy atom. The number of fused-ring (bicyclic) bond motifs is 1. The van der Waals surface area contributed by atoms with E-state index >= 15 is 0 Å². The lowest BCUT2D eigenvalue weighted by molar-refractivity contribution is -0.127. The summed E-state index contributed by atoms with van der Waals surface area (Å²) in [7, 11) is 1.57. The summed E-state index contributed by atoms with van der Waals surface area (Å²) in [4.78, 5) is 25.8. The molecule has 1 heterocycles. The summed E-state index contributed by atoms with van der Waals surface area (Å²) in [6, 6.07) is 4.99. The van der Waals surface area contributed by atoms with E-state index in [1.165, 1.54) is 4.90 Å². The summed E-state index contributed by atoms with van der Waals surface area (Å²) in [5, 5.41) is 2.75. The highest BCUT2D eigenvalue weighted by Gasteiger charge is 2.32. The van der Waals surface area contributed by atoms with Gasteiger partial charge in [-0.15, -0.1) is 0 Å². The molecule has 0 aliphatic carbocycles. The van der Waals surface area contributed by atoms with E-state index in [1.54, 1.807) is 14.0 Å². The lowest BCUT2D eigenvalue weighted by atomic mass is 10.1. The lowest BCUT2D eigenvalue weighted by Gasteiger charge is -2.33. The maximum Gasteiger partial charge on any atom is 0.265 e. The Bertz CT molecular complexity index is 544. The van der Waals surface area contributed by atoms with Crippen LogP contribution in [0.2, 0.25) is 0 Å². The topological polar surface area (TPSA) is 67.9 Å². The molecule has 0 radical (unpaired) electrons. The number of benzene rings is 1. The Morgan fingerprint density at radius 2 is 2.29 bits per heavy atom. The van der Waals surface area contributed by atoms with Gasteiger partial charge in [0.05, 0.1) is 12.3 Å². The number of nitrogens with one attached hydrogen (secondary N) is 1. The Morgan fingerprint density at radius 3 is 3.00 bits per heavy atom. The SMILES string of the molecule is COCCNC(=O)C(C)N1C(=O)COc2ccc(C)cc21. The first-order chi connectivity index (χ1) is 10.0. The predicted octanol–water partition coefficient (Wildman–Crippen LogP) is 0.872. The first-order valence-electron chi connectivity index (χ1n) is 6.86. The first-order valence-corrected chi connectivity index (χ1v) is 6.86. The van der Waals surface area contributed by atoms with Crippen LogP contribution < -0.4 is 15.0 Å². The standard InChI is InChI=1S/C15H20N2O4/c1-10-4-5-13-12(8-10)17(14(18)9-21-13)11(2)15(19)16-6-7-20-3/h4-5,8,11H,6-7,9H2,1-3H3,(H,16,19). The molecule has 1 atom stereocenters. The number of nitrogens with zero attached hydrogens (tertiary/aromatic N) is 1. The molecule has 6 heteroatoms. The fourth-order valence-electron chi connectivity index (χ4n) is 2.25. The van der Waals surface area contributed by atoms with E-state index in [0.29, 0.717) is 24.6 Å². The van der Waals surface area contributed by atoms with Crippen LogP contribution in [0.4, 0.5) is 5.69 Å². The molecule has 2 rings (SSSR count). The molecule has 6 nitrogen and oxygen atoms in total. The molecule has 114 valence electrons. The van der Waals surface area contributed by atoms with Crippen LogP contribution in [0.1, 0.15) is 12.5 Å². The van der Waals surface area contributed by atoms with Crippen LogP contribution >= 0.6 is 0 Å². The van der Waals surface area contributed by atoms with Gasteiger partial charge in [-0.25, -0.2) is 0 Å². The van der Waals surface area contributed by atoms with Crippen LogP contribution in [0.25, 0.3) is 0 Å². The number of rotatable bonds is 5. The Hall–Kier alpha value is -2.08. The number of carbonyl (C=O) groups is 2. The van der Waals surface area contributed by atoms with Crippen molar-refractivity contribution in [3.05, 3.63) is 23.8 Å². The molecule has 1 aliphatic heterocycles. The number of methoxy groups -OCH3 is 1. The molecule has 1 N–H and O–H groups in total. The minimum atomic E-state index is -0.598. The molecular formula is C15H20N2O4. The lowest BCUT2D eigenvalue weighted by Crippen LogP contribution is -2.51. The molecule has 1 aromatic carbocycles. The smallest absolute Gasteiger partial charge is 0.265 e. The van der Waals surface area contributed by atoms with Crippen molar-refractivity contribution in [3.8, 4) is 5.75 Å². The highest BCUT2D eigenvalue weighted by molar-refractivity contribution is 6.03. The van der Waals surface area contributed by atoms with Crippen LogP contribution in [-0.4, -0.2) is 44.7 Å². The molecule has 1 aliphatic rings. The molecule has 0 bridgehead atoms. The van der Waals surface area contributed by atoms with Crippen LogP contribution in [0.15, 0.2) is 18.2 Å². The van der Waals surface area contributed by atoms with Gasteiger partial charge in [0.2, 0.25) is 5.91 Å². The van der Waals surface area contributed by atoms with Gasteiger partial charge in [-0.2, -0.15) is 0 Å². The summed E-state index contributed by atoms with van der Waals surface area (Å²) in [6.45, 7) is 4.44. The van der Waals surface area contributed by atoms with E-state index in [0.717, 1.165) is 5.56 Å². The van der Waals surface area contributed by atoms with Crippen molar-refractivity contribution in [2.24, 2.45) is 0 Å². The first kappa shape index (κ1) is 15.3. The maximum atomic E-state index is 12.2. The molecule has 0 aromatic heterocycles. The van der Waals surface area contributed by atoms with Crippen molar-refractivity contribution in [2.75, 3.05) is 31.8 Å². The Balaban J connectivity index is 2.20. The van der Waals surface area contributed by atoms with Crippen LogP contribution in [0, 0.1) is 6.92 Å². The van der Waals surface area contributed by atoms with Crippen molar-refractivity contribution < 1.29 is 19.1 Å². The second kappa shape index (κ2) is 6.58. The van der Waals surface area contributed by atoms with Crippen LogP contribution in [0.5, 0.6) is 5.75 Å². The van der Waals surface area contributed by atoms with Gasteiger partial charge >= 0.3 is 0 Å². The monoisotopic (exact) mass is 292 g/mol. The van der Waals surface area contributed by atoms with Crippen molar-refractivity contribution >= 4 is 17.5 Å². The van der Waals surface area contributed by atoms with Gasteiger partial charge in [-0.05, 0) is 31.5 Å². The normalized spacial score (nSPS) is 15.2. The van der Waals surface area contributed by atoms with Gasteiger partial charge in [0.15, 0.2) is 6.61 Å². The molecule has 0 spiro atoms. The van der Waals surface area contributed by atoms with Gasteiger partial charge in [-0.3, -0.25) is 14.5 Å². The van der Waals surface area contributed by atoms with Crippen molar-refractivity contribution in [1.29, 1.82) is 0 Å². The zero-order chi connectivity index (χ0) is 15.4. The van der Waals surface area contributed by atoms with Gasteiger partial charge in [0, 0.05) is 13.7 Å². The van der Waals surface area contributed by atoms with E-state index in [2.05, 4.69) is 5.32 Å². The molecule has 0 saturated carbocycles. The Labute approximate surface area is 124 Å². The number of ether oxygens (including phenoxy) is 2. The van der Waals surface area contributed by atoms with E-state index in [4.69, 9.17) is 9.47 Å². The third-order valence-electron chi connectivity index (χ3n) is 3.37. The van der Waals surface area contributed by atoms with Gasteiger partial charge in [-0.1, -0.05) is 6.07 Å². The molecule has 21 heavy (non-hydrogen) atoms. The van der Waals surface area contributed by atoms with E-state index in [1.807, 2.05) is 25.1 Å². The third-order valence-corrected chi connectivity index (χ3v) is 3.37. The fraction of sp³-hybridized carbons (Fsp3) is 0.467. The summed E-state index contributed by atoms with van der Waals surface area (Å²) in [6.07, 6.45) is 0. The Kier molecular flexibility index (Phi) is 4.80. The maximum absolute atomic E-state index is 12.2. The number of amides is 2. The average Bonchev–Trinajstić information content (AvgIpc) is 2.46. The zero-order valence-electron chi connectivity index (χ0n) is 12.5. The minimum Gasteiger partial charge on any atom is -0.482 e. The average molecular weight is 292 g/mol. The molecule has 0 fully saturated rings. The molecule has 2 amide bonds. The van der Waals surface area contributed by atoms with Gasteiger partial charge in [0.25, 0.3) is 5.91 Å². The summed E-state index contributed by atoms with van der Waals surface area (Å²) < 4.78 is 10.3. The fourth-order valence-corrected chi connectivity index (χ4v) is 2.25. The summed E-state index contributed by atoms with van der Waals surface area (Å²) in [5.41, 5.74) is 1.64. The number of carbonyl (C=O) groups excluding carboxylic acids is 2. The molecule has 1 unspecified atom stereocenters.